The summed E-state index contributed by atoms with van der Waals surface area (Å²) in [7, 11) is 0. The average molecular weight is 467 g/mol. The maximum absolute atomic E-state index is 13.2. The SMILES string of the molecule is CCC(CC)(NC(=O)OCC1c2ccccc2-c2ccccc21)C(=O)NC1(C(=O)O)CCOC1. The van der Waals surface area contributed by atoms with Crippen LogP contribution in [0.3, 0.4) is 0 Å². The molecule has 3 N–H and O–H groups in total. The molecule has 2 aliphatic rings. The summed E-state index contributed by atoms with van der Waals surface area (Å²) in [6, 6.07) is 16.1. The number of hydrogen-bond donors (Lipinski definition) is 3. The summed E-state index contributed by atoms with van der Waals surface area (Å²) in [5, 5.41) is 15.0. The number of fused-ring (bicyclic) bond motifs is 3. The Labute approximate surface area is 198 Å². The molecule has 2 aromatic carbocycles. The smallest absolute Gasteiger partial charge is 0.408 e. The highest BCUT2D eigenvalue weighted by Gasteiger charge is 2.48. The van der Waals surface area contributed by atoms with Gasteiger partial charge in [-0.1, -0.05) is 62.4 Å². The number of amides is 2. The first kappa shape index (κ1) is 23.8. The Hall–Kier alpha value is -3.39. The first-order valence-corrected chi connectivity index (χ1v) is 11.6. The van der Waals surface area contributed by atoms with E-state index in [-0.39, 0.29) is 45.0 Å². The van der Waals surface area contributed by atoms with Crippen LogP contribution in [-0.2, 0) is 19.1 Å². The summed E-state index contributed by atoms with van der Waals surface area (Å²) >= 11 is 0. The fourth-order valence-electron chi connectivity index (χ4n) is 4.86. The standard InChI is InChI=1S/C26H30N2O6/c1-3-25(4-2,22(29)27-26(23(30)31)13-14-33-16-26)28-24(32)34-15-21-19-11-7-5-9-17(19)18-10-6-8-12-20(18)21/h5-12,21H,3-4,13-16H2,1-2H3,(H,27,29)(H,28,32)(H,30,31). The van der Waals surface area contributed by atoms with Gasteiger partial charge in [-0.25, -0.2) is 9.59 Å². The highest BCUT2D eigenvalue weighted by atomic mass is 16.5. The predicted octanol–water partition coefficient (Wildman–Crippen LogP) is 3.44. The van der Waals surface area contributed by atoms with Crippen LogP contribution in [0.25, 0.3) is 11.1 Å². The second-order valence-corrected chi connectivity index (χ2v) is 8.88. The lowest BCUT2D eigenvalue weighted by Gasteiger charge is -2.35. The number of ether oxygens (including phenoxy) is 2. The van der Waals surface area contributed by atoms with Gasteiger partial charge in [-0.05, 0) is 35.1 Å². The molecule has 8 heteroatoms. The van der Waals surface area contributed by atoms with E-state index < -0.39 is 29.0 Å². The van der Waals surface area contributed by atoms with Crippen molar-refractivity contribution in [1.29, 1.82) is 0 Å². The summed E-state index contributed by atoms with van der Waals surface area (Å²) in [6.07, 6.45) is 0.00192. The van der Waals surface area contributed by atoms with Gasteiger partial charge in [0.15, 0.2) is 5.54 Å². The Morgan fingerprint density at radius 3 is 2.15 bits per heavy atom. The lowest BCUT2D eigenvalue weighted by molar-refractivity contribution is -0.148. The van der Waals surface area contributed by atoms with Crippen molar-refractivity contribution in [2.75, 3.05) is 19.8 Å². The molecule has 2 aromatic rings. The summed E-state index contributed by atoms with van der Waals surface area (Å²) in [6.45, 7) is 3.80. The van der Waals surface area contributed by atoms with E-state index in [0.717, 1.165) is 22.3 Å². The van der Waals surface area contributed by atoms with Gasteiger partial charge in [0.05, 0.1) is 6.61 Å². The Morgan fingerprint density at radius 1 is 1.06 bits per heavy atom. The Morgan fingerprint density at radius 2 is 1.65 bits per heavy atom. The van der Waals surface area contributed by atoms with Gasteiger partial charge in [0.2, 0.25) is 5.91 Å². The normalized spacial score (nSPS) is 19.2. The van der Waals surface area contributed by atoms with Crippen LogP contribution in [0, 0.1) is 0 Å². The number of benzene rings is 2. The number of carboxylic acid groups (broad SMARTS) is 1. The quantitative estimate of drug-likeness (QED) is 0.549. The highest BCUT2D eigenvalue weighted by molar-refractivity contribution is 5.94. The minimum atomic E-state index is -1.49. The van der Waals surface area contributed by atoms with Crippen molar-refractivity contribution in [3.8, 4) is 11.1 Å². The molecule has 4 rings (SSSR count). The molecule has 0 aromatic heterocycles. The van der Waals surface area contributed by atoms with E-state index in [2.05, 4.69) is 22.8 Å². The van der Waals surface area contributed by atoms with Gasteiger partial charge in [-0.2, -0.15) is 0 Å². The van der Waals surface area contributed by atoms with Crippen LogP contribution in [0.4, 0.5) is 4.79 Å². The third kappa shape index (κ3) is 4.14. The molecular weight excluding hydrogens is 436 g/mol. The van der Waals surface area contributed by atoms with Crippen LogP contribution in [0.2, 0.25) is 0 Å². The average Bonchev–Trinajstić information content (AvgIpc) is 3.45. The van der Waals surface area contributed by atoms with Crippen molar-refractivity contribution in [1.82, 2.24) is 10.6 Å². The van der Waals surface area contributed by atoms with E-state index in [0.29, 0.717) is 0 Å². The van der Waals surface area contributed by atoms with Gasteiger partial charge in [-0.15, -0.1) is 0 Å². The van der Waals surface area contributed by atoms with E-state index in [1.165, 1.54) is 0 Å². The van der Waals surface area contributed by atoms with E-state index >= 15 is 0 Å². The van der Waals surface area contributed by atoms with Crippen LogP contribution < -0.4 is 10.6 Å². The monoisotopic (exact) mass is 466 g/mol. The van der Waals surface area contributed by atoms with Crippen molar-refractivity contribution < 1.29 is 29.0 Å². The molecule has 1 fully saturated rings. The number of nitrogens with one attached hydrogen (secondary N) is 2. The lowest BCUT2D eigenvalue weighted by Crippen LogP contribution is -2.65. The molecule has 1 aliphatic carbocycles. The number of rotatable bonds is 8. The molecule has 0 radical (unpaired) electrons. The second-order valence-electron chi connectivity index (χ2n) is 8.88. The fraction of sp³-hybridized carbons (Fsp3) is 0.423. The molecule has 180 valence electrons. The molecule has 0 bridgehead atoms. The number of carboxylic acids is 1. The Balaban J connectivity index is 1.47. The van der Waals surface area contributed by atoms with Crippen molar-refractivity contribution in [3.05, 3.63) is 59.7 Å². The number of aliphatic carboxylic acids is 1. The maximum Gasteiger partial charge on any atom is 0.408 e. The molecule has 1 atom stereocenters. The van der Waals surface area contributed by atoms with Crippen LogP contribution in [0.1, 0.15) is 50.2 Å². The number of hydrogen-bond acceptors (Lipinski definition) is 5. The molecular formula is C26H30N2O6. The molecule has 1 aliphatic heterocycles. The van der Waals surface area contributed by atoms with E-state index in [4.69, 9.17) is 9.47 Å². The van der Waals surface area contributed by atoms with Crippen molar-refractivity contribution >= 4 is 18.0 Å². The first-order chi connectivity index (χ1) is 16.4. The predicted molar refractivity (Wildman–Crippen MR) is 125 cm³/mol. The van der Waals surface area contributed by atoms with Crippen LogP contribution in [0.15, 0.2) is 48.5 Å². The molecule has 8 nitrogen and oxygen atoms in total. The van der Waals surface area contributed by atoms with Crippen molar-refractivity contribution in [2.45, 2.75) is 50.1 Å². The first-order valence-electron chi connectivity index (χ1n) is 11.6. The Bertz CT molecular complexity index is 1040. The zero-order valence-corrected chi connectivity index (χ0v) is 19.4. The summed E-state index contributed by atoms with van der Waals surface area (Å²) in [5.41, 5.74) is 1.65. The molecule has 1 unspecified atom stereocenters. The summed E-state index contributed by atoms with van der Waals surface area (Å²) < 4.78 is 10.8. The number of carbonyl (C=O) groups excluding carboxylic acids is 2. The highest BCUT2D eigenvalue weighted by Crippen LogP contribution is 2.44. The van der Waals surface area contributed by atoms with Gasteiger partial charge in [0, 0.05) is 18.9 Å². The summed E-state index contributed by atoms with van der Waals surface area (Å²) in [5.74, 6) is -1.81. The number of carbonyl (C=O) groups is 3. The third-order valence-electron chi connectivity index (χ3n) is 7.11. The molecule has 2 amide bonds. The topological polar surface area (TPSA) is 114 Å². The van der Waals surface area contributed by atoms with Gasteiger partial charge in [-0.3, -0.25) is 4.79 Å². The fourth-order valence-corrected chi connectivity index (χ4v) is 4.86. The minimum Gasteiger partial charge on any atom is -0.479 e. The minimum absolute atomic E-state index is 0.101. The van der Waals surface area contributed by atoms with Gasteiger partial charge in [0.25, 0.3) is 0 Å². The van der Waals surface area contributed by atoms with E-state index in [1.54, 1.807) is 13.8 Å². The number of alkyl carbamates (subject to hydrolysis) is 1. The molecule has 0 saturated carbocycles. The lowest BCUT2D eigenvalue weighted by atomic mass is 9.89. The molecule has 1 heterocycles. The summed E-state index contributed by atoms with van der Waals surface area (Å²) in [4.78, 5) is 37.9. The third-order valence-corrected chi connectivity index (χ3v) is 7.11. The molecule has 1 saturated heterocycles. The maximum atomic E-state index is 13.2. The van der Waals surface area contributed by atoms with E-state index in [9.17, 15) is 19.5 Å². The van der Waals surface area contributed by atoms with Gasteiger partial charge in [0.1, 0.15) is 12.1 Å². The molecule has 0 spiro atoms. The zero-order chi connectivity index (χ0) is 24.3. The van der Waals surface area contributed by atoms with Crippen LogP contribution >= 0.6 is 0 Å². The van der Waals surface area contributed by atoms with Crippen LogP contribution in [-0.4, -0.2) is 54.0 Å². The van der Waals surface area contributed by atoms with Crippen LogP contribution in [0.5, 0.6) is 0 Å². The second kappa shape index (κ2) is 9.46. The van der Waals surface area contributed by atoms with Gasteiger partial charge < -0.3 is 25.2 Å². The van der Waals surface area contributed by atoms with Crippen molar-refractivity contribution in [3.63, 3.8) is 0 Å². The largest absolute Gasteiger partial charge is 0.479 e. The van der Waals surface area contributed by atoms with Gasteiger partial charge >= 0.3 is 12.1 Å². The Kier molecular flexibility index (Phi) is 6.61. The molecule has 34 heavy (non-hydrogen) atoms. The van der Waals surface area contributed by atoms with Crippen molar-refractivity contribution in [2.24, 2.45) is 0 Å². The van der Waals surface area contributed by atoms with E-state index in [1.807, 2.05) is 36.4 Å². The zero-order valence-electron chi connectivity index (χ0n) is 19.4.